The van der Waals surface area contributed by atoms with Crippen molar-refractivity contribution >= 4 is 62.5 Å². The molecule has 0 saturated carbocycles. The van der Waals surface area contributed by atoms with Crippen LogP contribution in [0.2, 0.25) is 10.0 Å². The van der Waals surface area contributed by atoms with Crippen LogP contribution < -0.4 is 10.1 Å². The van der Waals surface area contributed by atoms with Crippen molar-refractivity contribution < 1.29 is 9.53 Å². The van der Waals surface area contributed by atoms with Crippen LogP contribution in [0, 0.1) is 0 Å². The highest BCUT2D eigenvalue weighted by Gasteiger charge is 2.18. The minimum atomic E-state index is -0.207. The third-order valence-corrected chi connectivity index (χ3v) is 6.59. The number of hydrogen-bond donors (Lipinski definition) is 1. The van der Waals surface area contributed by atoms with Gasteiger partial charge >= 0.3 is 0 Å². The summed E-state index contributed by atoms with van der Waals surface area (Å²) in [6.45, 7) is 0. The molecule has 1 N–H and O–H groups in total. The molecule has 4 aromatic rings. The summed E-state index contributed by atoms with van der Waals surface area (Å²) in [7, 11) is 1.62. The lowest BCUT2D eigenvalue weighted by Crippen LogP contribution is -2.15. The van der Waals surface area contributed by atoms with Gasteiger partial charge in [0.25, 0.3) is 0 Å². The maximum atomic E-state index is 12.6. The number of halogens is 3. The van der Waals surface area contributed by atoms with E-state index in [0.717, 1.165) is 21.5 Å². The number of carbonyl (C=O) groups excluding carboxylic acids is 1. The van der Waals surface area contributed by atoms with E-state index in [-0.39, 0.29) is 11.7 Å². The maximum Gasteiger partial charge on any atom is 0.234 e. The molecule has 1 heterocycles. The van der Waals surface area contributed by atoms with Crippen LogP contribution in [0.3, 0.4) is 0 Å². The van der Waals surface area contributed by atoms with E-state index in [1.807, 2.05) is 47.0 Å². The fraction of sp³-hybridized carbons (Fsp3) is 0.0870. The van der Waals surface area contributed by atoms with Gasteiger partial charge in [-0.2, -0.15) is 0 Å². The molecule has 6 nitrogen and oxygen atoms in total. The second-order valence-corrected chi connectivity index (χ2v) is 9.51. The highest BCUT2D eigenvalue weighted by molar-refractivity contribution is 9.10. The van der Waals surface area contributed by atoms with Crippen molar-refractivity contribution in [2.75, 3.05) is 18.2 Å². The Bertz CT molecular complexity index is 1280. The molecule has 3 aromatic carbocycles. The first kappa shape index (κ1) is 23.6. The second kappa shape index (κ2) is 10.6. The zero-order valence-corrected chi connectivity index (χ0v) is 21.2. The van der Waals surface area contributed by atoms with E-state index in [9.17, 15) is 4.79 Å². The Morgan fingerprint density at radius 2 is 1.79 bits per heavy atom. The fourth-order valence-corrected chi connectivity index (χ4v) is 4.62. The molecule has 10 heteroatoms. The molecule has 168 valence electrons. The molecule has 0 radical (unpaired) electrons. The van der Waals surface area contributed by atoms with E-state index in [4.69, 9.17) is 27.9 Å². The van der Waals surface area contributed by atoms with Gasteiger partial charge in [0.1, 0.15) is 5.75 Å². The topological polar surface area (TPSA) is 69.0 Å². The lowest BCUT2D eigenvalue weighted by atomic mass is 10.2. The van der Waals surface area contributed by atoms with Gasteiger partial charge in [-0.1, -0.05) is 50.9 Å². The highest BCUT2D eigenvalue weighted by atomic mass is 79.9. The van der Waals surface area contributed by atoms with Crippen molar-refractivity contribution in [3.8, 4) is 22.8 Å². The molecular weight excluding hydrogens is 547 g/mol. The average molecular weight is 564 g/mol. The van der Waals surface area contributed by atoms with Crippen LogP contribution in [0.15, 0.2) is 76.4 Å². The number of rotatable bonds is 7. The Balaban J connectivity index is 1.60. The van der Waals surface area contributed by atoms with Crippen LogP contribution in [0.1, 0.15) is 0 Å². The van der Waals surface area contributed by atoms with E-state index < -0.39 is 0 Å². The van der Waals surface area contributed by atoms with Crippen LogP contribution >= 0.6 is 50.9 Å². The van der Waals surface area contributed by atoms with Crippen molar-refractivity contribution in [2.24, 2.45) is 0 Å². The second-order valence-electron chi connectivity index (χ2n) is 6.81. The summed E-state index contributed by atoms with van der Waals surface area (Å²) in [6, 6.07) is 20.2. The number of benzene rings is 3. The number of carbonyl (C=O) groups is 1. The van der Waals surface area contributed by atoms with Crippen molar-refractivity contribution in [1.29, 1.82) is 0 Å². The lowest BCUT2D eigenvalue weighted by Gasteiger charge is -2.11. The van der Waals surface area contributed by atoms with Crippen LogP contribution in [0.5, 0.6) is 5.75 Å². The smallest absolute Gasteiger partial charge is 0.234 e. The van der Waals surface area contributed by atoms with Gasteiger partial charge in [-0.25, -0.2) is 0 Å². The van der Waals surface area contributed by atoms with Crippen LogP contribution in [-0.2, 0) is 4.79 Å². The molecule has 0 aliphatic carbocycles. The Hall–Kier alpha value is -2.52. The molecule has 0 saturated heterocycles. The van der Waals surface area contributed by atoms with Crippen molar-refractivity contribution in [1.82, 2.24) is 14.8 Å². The predicted octanol–water partition coefficient (Wildman–Crippen LogP) is 6.74. The Kier molecular flexibility index (Phi) is 7.60. The lowest BCUT2D eigenvalue weighted by molar-refractivity contribution is -0.113. The molecule has 0 spiro atoms. The van der Waals surface area contributed by atoms with Crippen molar-refractivity contribution in [3.05, 3.63) is 81.2 Å². The quantitative estimate of drug-likeness (QED) is 0.252. The maximum absolute atomic E-state index is 12.6. The van der Waals surface area contributed by atoms with Gasteiger partial charge in [0.15, 0.2) is 11.0 Å². The average Bonchev–Trinajstić information content (AvgIpc) is 3.24. The number of thioether (sulfide) groups is 1. The Morgan fingerprint density at radius 3 is 2.45 bits per heavy atom. The standard InChI is InChI=1S/C23H17BrCl2N4O2S/c1-32-18-9-7-17(8-10-18)30-22(14-2-5-16(25)6-3-14)28-29-23(30)33-13-21(31)27-20-11-4-15(24)12-19(20)26/h2-12H,13H2,1H3,(H,27,31). The SMILES string of the molecule is COc1ccc(-n2c(SCC(=O)Nc3ccc(Br)cc3Cl)nnc2-c2ccc(Cl)cc2)cc1. The summed E-state index contributed by atoms with van der Waals surface area (Å²) in [5, 5.41) is 13.2. The number of anilines is 1. The van der Waals surface area contributed by atoms with Crippen LogP contribution in [-0.4, -0.2) is 33.5 Å². The summed E-state index contributed by atoms with van der Waals surface area (Å²) in [4.78, 5) is 12.6. The first-order valence-electron chi connectivity index (χ1n) is 9.68. The third-order valence-electron chi connectivity index (χ3n) is 4.60. The molecule has 0 fully saturated rings. The van der Waals surface area contributed by atoms with Gasteiger partial charge in [0, 0.05) is 20.7 Å². The van der Waals surface area contributed by atoms with E-state index in [1.54, 1.807) is 31.4 Å². The number of nitrogens with one attached hydrogen (secondary N) is 1. The molecule has 0 aliphatic heterocycles. The van der Waals surface area contributed by atoms with Gasteiger partial charge in [-0.3, -0.25) is 9.36 Å². The molecule has 0 atom stereocenters. The number of aromatic nitrogens is 3. The zero-order chi connectivity index (χ0) is 23.4. The minimum absolute atomic E-state index is 0.126. The van der Waals surface area contributed by atoms with Crippen molar-refractivity contribution in [3.63, 3.8) is 0 Å². The first-order chi connectivity index (χ1) is 15.9. The minimum Gasteiger partial charge on any atom is -0.497 e. The summed E-state index contributed by atoms with van der Waals surface area (Å²) in [6.07, 6.45) is 0. The number of methoxy groups -OCH3 is 1. The number of hydrogen-bond acceptors (Lipinski definition) is 5. The number of nitrogens with zero attached hydrogens (tertiary/aromatic N) is 3. The summed E-state index contributed by atoms with van der Waals surface area (Å²) in [5.74, 6) is 1.29. The van der Waals surface area contributed by atoms with Crippen molar-refractivity contribution in [2.45, 2.75) is 5.16 Å². The van der Waals surface area contributed by atoms with Crippen LogP contribution in [0.25, 0.3) is 17.1 Å². The zero-order valence-electron chi connectivity index (χ0n) is 17.3. The molecule has 33 heavy (non-hydrogen) atoms. The number of amides is 1. The van der Waals surface area contributed by atoms with E-state index >= 15 is 0 Å². The normalized spacial score (nSPS) is 10.8. The van der Waals surface area contributed by atoms with E-state index in [1.165, 1.54) is 11.8 Å². The van der Waals surface area contributed by atoms with E-state index in [0.29, 0.717) is 26.7 Å². The Morgan fingerprint density at radius 1 is 1.06 bits per heavy atom. The largest absolute Gasteiger partial charge is 0.497 e. The number of ether oxygens (including phenoxy) is 1. The predicted molar refractivity (Wildman–Crippen MR) is 137 cm³/mol. The summed E-state index contributed by atoms with van der Waals surface area (Å²) < 4.78 is 8.00. The Labute approximate surface area is 213 Å². The summed E-state index contributed by atoms with van der Waals surface area (Å²) in [5.41, 5.74) is 2.23. The molecule has 0 unspecified atom stereocenters. The first-order valence-corrected chi connectivity index (χ1v) is 12.2. The van der Waals surface area contributed by atoms with Gasteiger partial charge in [-0.05, 0) is 66.7 Å². The van der Waals surface area contributed by atoms with Crippen LogP contribution in [0.4, 0.5) is 5.69 Å². The molecule has 4 rings (SSSR count). The van der Waals surface area contributed by atoms with E-state index in [2.05, 4.69) is 31.4 Å². The molecule has 1 amide bonds. The molecule has 1 aromatic heterocycles. The monoisotopic (exact) mass is 562 g/mol. The van der Waals surface area contributed by atoms with Gasteiger partial charge < -0.3 is 10.1 Å². The highest BCUT2D eigenvalue weighted by Crippen LogP contribution is 2.30. The van der Waals surface area contributed by atoms with Gasteiger partial charge in [-0.15, -0.1) is 10.2 Å². The summed E-state index contributed by atoms with van der Waals surface area (Å²) >= 11 is 16.9. The van der Waals surface area contributed by atoms with Gasteiger partial charge in [0.05, 0.1) is 23.6 Å². The van der Waals surface area contributed by atoms with Gasteiger partial charge in [0.2, 0.25) is 5.91 Å². The fourth-order valence-electron chi connectivity index (χ4n) is 3.02. The third kappa shape index (κ3) is 5.70. The molecule has 0 bridgehead atoms. The molecular formula is C23H17BrCl2N4O2S. The molecule has 0 aliphatic rings.